The number of methoxy groups -OCH3 is 1. The molecule has 0 aliphatic rings. The zero-order valence-electron chi connectivity index (χ0n) is 14.0. The van der Waals surface area contributed by atoms with Crippen LogP contribution in [0, 0.1) is 0 Å². The normalized spacial score (nSPS) is 14.9. The summed E-state index contributed by atoms with van der Waals surface area (Å²) in [5.41, 5.74) is -3.26. The minimum atomic E-state index is -4.98. The van der Waals surface area contributed by atoms with Crippen LogP contribution in [0.2, 0.25) is 0 Å². The van der Waals surface area contributed by atoms with Crippen molar-refractivity contribution in [3.8, 4) is 5.75 Å². The molecule has 0 aromatic heterocycles. The summed E-state index contributed by atoms with van der Waals surface area (Å²) < 4.78 is 68.2. The Labute approximate surface area is 143 Å². The second kappa shape index (κ2) is 7.18. The Balaban J connectivity index is 3.11. The van der Waals surface area contributed by atoms with Crippen LogP contribution in [0.5, 0.6) is 5.75 Å². The van der Waals surface area contributed by atoms with E-state index in [1.807, 2.05) is 0 Å². The Bertz CT molecular complexity index is 745. The maximum absolute atomic E-state index is 12.6. The quantitative estimate of drug-likeness (QED) is 0.777. The predicted molar refractivity (Wildman–Crippen MR) is 83.8 cm³/mol. The molecule has 25 heavy (non-hydrogen) atoms. The number of rotatable bonds is 6. The molecular weight excluding hydrogens is 365 g/mol. The molecule has 0 fully saturated rings. The highest BCUT2D eigenvalue weighted by molar-refractivity contribution is 7.89. The number of carbonyl (C=O) groups is 1. The second-order valence-electron chi connectivity index (χ2n) is 5.65. The van der Waals surface area contributed by atoms with Crippen LogP contribution in [-0.2, 0) is 14.8 Å². The number of carbonyl (C=O) groups excluding carboxylic acids is 1. The van der Waals surface area contributed by atoms with Gasteiger partial charge in [0.25, 0.3) is 0 Å². The summed E-state index contributed by atoms with van der Waals surface area (Å²) in [5.74, 6) is -1.12. The Morgan fingerprint density at radius 1 is 1.32 bits per heavy atom. The van der Waals surface area contributed by atoms with Crippen LogP contribution < -0.4 is 10.1 Å². The number of halogens is 3. The summed E-state index contributed by atoms with van der Waals surface area (Å²) in [7, 11) is -0.0715. The van der Waals surface area contributed by atoms with E-state index in [1.165, 1.54) is 33.3 Å². The third-order valence-corrected chi connectivity index (χ3v) is 5.16. The lowest BCUT2D eigenvalue weighted by Crippen LogP contribution is -2.44. The zero-order valence-corrected chi connectivity index (χ0v) is 14.8. The number of anilines is 1. The van der Waals surface area contributed by atoms with Gasteiger partial charge in [0.05, 0.1) is 13.5 Å². The van der Waals surface area contributed by atoms with E-state index in [1.54, 1.807) is 0 Å². The van der Waals surface area contributed by atoms with Gasteiger partial charge in [-0.25, -0.2) is 12.7 Å². The molecule has 7 nitrogen and oxygen atoms in total. The number of sulfonamides is 1. The molecule has 1 aromatic carbocycles. The fraction of sp³-hybridized carbons (Fsp3) is 0.500. The third-order valence-electron chi connectivity index (χ3n) is 3.32. The highest BCUT2D eigenvalue weighted by Gasteiger charge is 2.51. The summed E-state index contributed by atoms with van der Waals surface area (Å²) >= 11 is 0. The Morgan fingerprint density at radius 2 is 1.88 bits per heavy atom. The fourth-order valence-electron chi connectivity index (χ4n) is 1.77. The van der Waals surface area contributed by atoms with E-state index in [2.05, 4.69) is 5.32 Å². The SMILES string of the molecule is COc1ccc(NC(=O)C[C@](C)(O)C(F)(F)F)cc1S(=O)(=O)N(C)C. The van der Waals surface area contributed by atoms with Crippen molar-refractivity contribution in [3.63, 3.8) is 0 Å². The first-order valence-electron chi connectivity index (χ1n) is 6.92. The number of nitrogens with zero attached hydrogens (tertiary/aromatic N) is 1. The molecule has 0 unspecified atom stereocenters. The number of alkyl halides is 3. The van der Waals surface area contributed by atoms with Gasteiger partial charge in [0, 0.05) is 19.8 Å². The Morgan fingerprint density at radius 3 is 2.32 bits per heavy atom. The molecule has 1 rings (SSSR count). The molecule has 1 aromatic rings. The molecule has 0 aliphatic heterocycles. The summed E-state index contributed by atoms with van der Waals surface area (Å²) in [5, 5.41) is 11.5. The number of hydrogen-bond acceptors (Lipinski definition) is 5. The number of hydrogen-bond donors (Lipinski definition) is 2. The first-order valence-corrected chi connectivity index (χ1v) is 8.36. The number of aliphatic hydroxyl groups is 1. The molecule has 0 saturated carbocycles. The summed E-state index contributed by atoms with van der Waals surface area (Å²) in [6.07, 6.45) is -6.22. The van der Waals surface area contributed by atoms with Crippen molar-refractivity contribution in [2.45, 2.75) is 30.0 Å². The van der Waals surface area contributed by atoms with Gasteiger partial charge >= 0.3 is 6.18 Å². The Kier molecular flexibility index (Phi) is 6.09. The van der Waals surface area contributed by atoms with Crippen LogP contribution >= 0.6 is 0 Å². The van der Waals surface area contributed by atoms with E-state index in [4.69, 9.17) is 4.74 Å². The molecular formula is C14H19F3N2O5S. The van der Waals surface area contributed by atoms with E-state index in [9.17, 15) is 31.5 Å². The molecule has 0 bridgehead atoms. The van der Waals surface area contributed by atoms with Gasteiger partial charge < -0.3 is 15.2 Å². The lowest BCUT2D eigenvalue weighted by Gasteiger charge is -2.25. The van der Waals surface area contributed by atoms with Gasteiger partial charge in [-0.3, -0.25) is 4.79 Å². The summed E-state index contributed by atoms with van der Waals surface area (Å²) in [4.78, 5) is 11.5. The standard InChI is InChI=1S/C14H19F3N2O5S/c1-13(21,14(15,16)17)8-12(20)18-9-5-6-10(24-4)11(7-9)25(22,23)19(2)3/h5-7,21H,8H2,1-4H3,(H,18,20)/t13-/m0/s1. The number of nitrogens with one attached hydrogen (secondary N) is 1. The Hall–Kier alpha value is -1.85. The average Bonchev–Trinajstić information content (AvgIpc) is 2.45. The number of ether oxygens (including phenoxy) is 1. The minimum Gasteiger partial charge on any atom is -0.495 e. The maximum atomic E-state index is 12.6. The van der Waals surface area contributed by atoms with Crippen molar-refractivity contribution in [2.24, 2.45) is 0 Å². The smallest absolute Gasteiger partial charge is 0.417 e. The zero-order chi connectivity index (χ0) is 19.6. The van der Waals surface area contributed by atoms with Gasteiger partial charge in [0.15, 0.2) is 5.60 Å². The monoisotopic (exact) mass is 384 g/mol. The van der Waals surface area contributed by atoms with Gasteiger partial charge in [-0.15, -0.1) is 0 Å². The minimum absolute atomic E-state index is 0.00832. The van der Waals surface area contributed by atoms with E-state index >= 15 is 0 Å². The van der Waals surface area contributed by atoms with Gasteiger partial charge in [0.2, 0.25) is 15.9 Å². The topological polar surface area (TPSA) is 95.9 Å². The molecule has 142 valence electrons. The van der Waals surface area contributed by atoms with Crippen molar-refractivity contribution in [1.82, 2.24) is 4.31 Å². The van der Waals surface area contributed by atoms with Crippen LogP contribution in [-0.4, -0.2) is 56.7 Å². The largest absolute Gasteiger partial charge is 0.495 e. The van der Waals surface area contributed by atoms with Crippen LogP contribution in [0.4, 0.5) is 18.9 Å². The third kappa shape index (κ3) is 4.83. The first-order chi connectivity index (χ1) is 11.2. The van der Waals surface area contributed by atoms with Crippen molar-refractivity contribution < 1.29 is 36.2 Å². The molecule has 1 atom stereocenters. The highest BCUT2D eigenvalue weighted by atomic mass is 32.2. The van der Waals surface area contributed by atoms with Crippen molar-refractivity contribution >= 4 is 21.6 Å². The van der Waals surface area contributed by atoms with Gasteiger partial charge in [0.1, 0.15) is 10.6 Å². The van der Waals surface area contributed by atoms with Crippen molar-refractivity contribution in [1.29, 1.82) is 0 Å². The fourth-order valence-corrected chi connectivity index (χ4v) is 2.85. The molecule has 1 amide bonds. The van der Waals surface area contributed by atoms with Crippen molar-refractivity contribution in [3.05, 3.63) is 18.2 Å². The molecule has 0 saturated heterocycles. The van der Waals surface area contributed by atoms with Crippen molar-refractivity contribution in [2.75, 3.05) is 26.5 Å². The average molecular weight is 384 g/mol. The maximum Gasteiger partial charge on any atom is 0.417 e. The van der Waals surface area contributed by atoms with Crippen LogP contribution in [0.3, 0.4) is 0 Å². The van der Waals surface area contributed by atoms with E-state index in [0.29, 0.717) is 6.92 Å². The number of amides is 1. The molecule has 0 heterocycles. The van der Waals surface area contributed by atoms with Crippen LogP contribution in [0.25, 0.3) is 0 Å². The lowest BCUT2D eigenvalue weighted by molar-refractivity contribution is -0.252. The first kappa shape index (κ1) is 21.2. The van der Waals surface area contributed by atoms with Crippen LogP contribution in [0.15, 0.2) is 23.1 Å². The van der Waals surface area contributed by atoms with Crippen LogP contribution in [0.1, 0.15) is 13.3 Å². The second-order valence-corrected chi connectivity index (χ2v) is 7.77. The van der Waals surface area contributed by atoms with Gasteiger partial charge in [-0.2, -0.15) is 13.2 Å². The molecule has 11 heteroatoms. The summed E-state index contributed by atoms with van der Waals surface area (Å²) in [6, 6.07) is 3.59. The number of benzene rings is 1. The predicted octanol–water partition coefficient (Wildman–Crippen LogP) is 1.59. The molecule has 0 spiro atoms. The van der Waals surface area contributed by atoms with E-state index in [0.717, 1.165) is 10.4 Å². The van der Waals surface area contributed by atoms with E-state index in [-0.39, 0.29) is 16.3 Å². The molecule has 0 aliphatic carbocycles. The molecule has 0 radical (unpaired) electrons. The van der Waals surface area contributed by atoms with Gasteiger partial charge in [-0.05, 0) is 25.1 Å². The van der Waals surface area contributed by atoms with E-state index < -0.39 is 34.1 Å². The highest BCUT2D eigenvalue weighted by Crippen LogP contribution is 2.33. The van der Waals surface area contributed by atoms with Gasteiger partial charge in [-0.1, -0.05) is 0 Å². The molecule has 2 N–H and O–H groups in total. The lowest BCUT2D eigenvalue weighted by atomic mass is 10.0. The summed E-state index contributed by atoms with van der Waals surface area (Å²) in [6.45, 7) is 0.475.